The lowest BCUT2D eigenvalue weighted by atomic mass is 10.1. The van der Waals surface area contributed by atoms with Gasteiger partial charge in [0.15, 0.2) is 23.9 Å². The number of ether oxygens (including phenoxy) is 3. The van der Waals surface area contributed by atoms with Crippen molar-refractivity contribution in [3.8, 4) is 0 Å². The van der Waals surface area contributed by atoms with Crippen LogP contribution < -0.4 is 0 Å². The standard InChI is InChI=1S/C14H13ClFN3O5/c1-14(2)23-7-8(24-14)12(22-9(7)13(20)21)19-3-5(16)6-10(15)17-4-18-11(6)19/h3-4,7-9,12H,1-2H3,(H,20,21)/t7-,8+,9-,12+/m0/s1. The highest BCUT2D eigenvalue weighted by Gasteiger charge is 2.58. The van der Waals surface area contributed by atoms with E-state index in [2.05, 4.69) is 9.97 Å². The Labute approximate surface area is 140 Å². The molecule has 0 radical (unpaired) electrons. The fourth-order valence-electron chi connectivity index (χ4n) is 3.20. The molecule has 2 fully saturated rings. The molecule has 0 amide bonds. The summed E-state index contributed by atoms with van der Waals surface area (Å²) in [7, 11) is 0. The number of aliphatic carboxylic acids is 1. The second-order valence-corrected chi connectivity index (χ2v) is 6.46. The molecule has 4 atom stereocenters. The number of hydrogen-bond donors (Lipinski definition) is 1. The molecule has 0 bridgehead atoms. The van der Waals surface area contributed by atoms with Crippen LogP contribution in [0.25, 0.3) is 11.0 Å². The van der Waals surface area contributed by atoms with Gasteiger partial charge in [0.05, 0.1) is 5.39 Å². The Morgan fingerprint density at radius 1 is 1.38 bits per heavy atom. The van der Waals surface area contributed by atoms with E-state index in [1.165, 1.54) is 10.9 Å². The Balaban J connectivity index is 1.82. The summed E-state index contributed by atoms with van der Waals surface area (Å²) in [5.41, 5.74) is 0.190. The van der Waals surface area contributed by atoms with Gasteiger partial charge in [-0.2, -0.15) is 0 Å². The predicted octanol–water partition coefficient (Wildman–Crippen LogP) is 1.73. The van der Waals surface area contributed by atoms with E-state index in [1.807, 2.05) is 0 Å². The third kappa shape index (κ3) is 2.20. The molecule has 2 aliphatic heterocycles. The summed E-state index contributed by atoms with van der Waals surface area (Å²) in [6, 6.07) is 0. The Bertz CT molecular complexity index is 841. The van der Waals surface area contributed by atoms with Crippen LogP contribution in [0.4, 0.5) is 4.39 Å². The smallest absolute Gasteiger partial charge is 0.335 e. The van der Waals surface area contributed by atoms with Crippen LogP contribution in [0.1, 0.15) is 20.1 Å². The number of halogens is 2. The monoisotopic (exact) mass is 357 g/mol. The van der Waals surface area contributed by atoms with Crippen LogP contribution in [-0.2, 0) is 19.0 Å². The van der Waals surface area contributed by atoms with Crippen molar-refractivity contribution < 1.29 is 28.5 Å². The second-order valence-electron chi connectivity index (χ2n) is 6.10. The summed E-state index contributed by atoms with van der Waals surface area (Å²) in [5.74, 6) is -2.79. The maximum absolute atomic E-state index is 14.2. The van der Waals surface area contributed by atoms with E-state index in [1.54, 1.807) is 13.8 Å². The molecule has 4 heterocycles. The van der Waals surface area contributed by atoms with Crippen molar-refractivity contribution >= 4 is 28.6 Å². The minimum atomic E-state index is -1.24. The van der Waals surface area contributed by atoms with Crippen molar-refractivity contribution in [2.24, 2.45) is 0 Å². The lowest BCUT2D eigenvalue weighted by Gasteiger charge is -2.23. The highest BCUT2D eigenvalue weighted by Crippen LogP contribution is 2.44. The number of rotatable bonds is 2. The van der Waals surface area contributed by atoms with E-state index in [-0.39, 0.29) is 16.2 Å². The molecular formula is C14H13ClFN3O5. The van der Waals surface area contributed by atoms with Crippen molar-refractivity contribution in [1.82, 2.24) is 14.5 Å². The van der Waals surface area contributed by atoms with E-state index in [0.29, 0.717) is 0 Å². The first-order valence-electron chi connectivity index (χ1n) is 7.19. The zero-order valence-corrected chi connectivity index (χ0v) is 13.4. The molecule has 0 aliphatic carbocycles. The van der Waals surface area contributed by atoms with Crippen molar-refractivity contribution in [2.45, 2.75) is 44.2 Å². The van der Waals surface area contributed by atoms with Gasteiger partial charge in [0.25, 0.3) is 0 Å². The van der Waals surface area contributed by atoms with Crippen LogP contribution in [0.15, 0.2) is 12.5 Å². The molecule has 1 N–H and O–H groups in total. The molecule has 0 saturated carbocycles. The molecule has 0 aromatic carbocycles. The number of carbonyl (C=O) groups is 1. The first-order chi connectivity index (χ1) is 11.3. The zero-order chi connectivity index (χ0) is 17.2. The van der Waals surface area contributed by atoms with Crippen molar-refractivity contribution in [1.29, 1.82) is 0 Å². The summed E-state index contributed by atoms with van der Waals surface area (Å²) < 4.78 is 32.6. The molecule has 24 heavy (non-hydrogen) atoms. The van der Waals surface area contributed by atoms with Crippen LogP contribution in [0.3, 0.4) is 0 Å². The molecule has 2 aromatic rings. The number of aromatic nitrogens is 3. The highest BCUT2D eigenvalue weighted by atomic mass is 35.5. The number of hydrogen-bond acceptors (Lipinski definition) is 6. The normalized spacial score (nSPS) is 31.5. The maximum atomic E-state index is 14.2. The SMILES string of the molecule is CC1(C)O[C@@H]2[C@H](O1)[C@@H](C(=O)O)O[C@H]2n1cc(F)c2c(Cl)ncnc21. The molecule has 2 aliphatic rings. The van der Waals surface area contributed by atoms with Gasteiger partial charge >= 0.3 is 5.97 Å². The summed E-state index contributed by atoms with van der Waals surface area (Å²) in [5, 5.41) is 9.37. The van der Waals surface area contributed by atoms with Crippen LogP contribution in [0, 0.1) is 5.82 Å². The number of carboxylic acids is 1. The first-order valence-corrected chi connectivity index (χ1v) is 7.57. The molecule has 2 aromatic heterocycles. The topological polar surface area (TPSA) is 95.7 Å². The Hall–Kier alpha value is -1.81. The van der Waals surface area contributed by atoms with Gasteiger partial charge in [-0.1, -0.05) is 11.6 Å². The number of carboxylic acid groups (broad SMARTS) is 1. The van der Waals surface area contributed by atoms with Crippen molar-refractivity contribution in [3.63, 3.8) is 0 Å². The first kappa shape index (κ1) is 15.7. The fraction of sp³-hybridized carbons (Fsp3) is 0.500. The fourth-order valence-corrected chi connectivity index (χ4v) is 3.42. The van der Waals surface area contributed by atoms with E-state index >= 15 is 0 Å². The van der Waals surface area contributed by atoms with Crippen molar-refractivity contribution in [2.75, 3.05) is 0 Å². The third-order valence-corrected chi connectivity index (χ3v) is 4.35. The minimum absolute atomic E-state index is 0.0375. The quantitative estimate of drug-likeness (QED) is 0.817. The molecule has 2 saturated heterocycles. The molecular weight excluding hydrogens is 345 g/mol. The summed E-state index contributed by atoms with van der Waals surface area (Å²) in [6.07, 6.45) is -1.37. The van der Waals surface area contributed by atoms with Gasteiger partial charge in [-0.15, -0.1) is 0 Å². The highest BCUT2D eigenvalue weighted by molar-refractivity contribution is 6.34. The predicted molar refractivity (Wildman–Crippen MR) is 77.9 cm³/mol. The van der Waals surface area contributed by atoms with E-state index in [9.17, 15) is 14.3 Å². The molecule has 0 spiro atoms. The van der Waals surface area contributed by atoms with Gasteiger partial charge in [-0.05, 0) is 13.8 Å². The van der Waals surface area contributed by atoms with Crippen LogP contribution >= 0.6 is 11.6 Å². The molecule has 0 unspecified atom stereocenters. The van der Waals surface area contributed by atoms with Gasteiger partial charge < -0.3 is 23.9 Å². The molecule has 4 rings (SSSR count). The summed E-state index contributed by atoms with van der Waals surface area (Å²) >= 11 is 5.92. The van der Waals surface area contributed by atoms with Crippen LogP contribution in [0.5, 0.6) is 0 Å². The Morgan fingerprint density at radius 3 is 2.79 bits per heavy atom. The Morgan fingerprint density at radius 2 is 2.08 bits per heavy atom. The minimum Gasteiger partial charge on any atom is -0.479 e. The van der Waals surface area contributed by atoms with Gasteiger partial charge in [-0.3, -0.25) is 0 Å². The van der Waals surface area contributed by atoms with Crippen LogP contribution in [-0.4, -0.2) is 49.7 Å². The van der Waals surface area contributed by atoms with Crippen LogP contribution in [0.2, 0.25) is 5.15 Å². The van der Waals surface area contributed by atoms with Gasteiger partial charge in [0, 0.05) is 6.20 Å². The number of fused-ring (bicyclic) bond motifs is 2. The van der Waals surface area contributed by atoms with E-state index in [0.717, 1.165) is 6.20 Å². The maximum Gasteiger partial charge on any atom is 0.335 e. The van der Waals surface area contributed by atoms with Gasteiger partial charge in [-0.25, -0.2) is 19.2 Å². The second kappa shape index (κ2) is 5.09. The largest absolute Gasteiger partial charge is 0.479 e. The van der Waals surface area contributed by atoms with E-state index in [4.69, 9.17) is 25.8 Å². The Kier molecular flexibility index (Phi) is 3.33. The lowest BCUT2D eigenvalue weighted by molar-refractivity contribution is -0.202. The van der Waals surface area contributed by atoms with Gasteiger partial charge in [0.1, 0.15) is 29.3 Å². The number of nitrogens with zero attached hydrogens (tertiary/aromatic N) is 3. The molecule has 10 heteroatoms. The lowest BCUT2D eigenvalue weighted by Crippen LogP contribution is -2.35. The van der Waals surface area contributed by atoms with Gasteiger partial charge in [0.2, 0.25) is 0 Å². The molecule has 128 valence electrons. The van der Waals surface area contributed by atoms with E-state index < -0.39 is 42.1 Å². The average molecular weight is 358 g/mol. The third-order valence-electron chi connectivity index (χ3n) is 4.06. The van der Waals surface area contributed by atoms with Crippen molar-refractivity contribution in [3.05, 3.63) is 23.5 Å². The zero-order valence-electron chi connectivity index (χ0n) is 12.6. The summed E-state index contributed by atoms with van der Waals surface area (Å²) in [6.45, 7) is 3.35. The summed E-state index contributed by atoms with van der Waals surface area (Å²) in [4.78, 5) is 19.2. The average Bonchev–Trinajstić information content (AvgIpc) is 3.08. The molecule has 8 nitrogen and oxygen atoms in total.